The summed E-state index contributed by atoms with van der Waals surface area (Å²) in [6.45, 7) is 1.79. The highest BCUT2D eigenvalue weighted by molar-refractivity contribution is 7.16. The predicted molar refractivity (Wildman–Crippen MR) is 39.3 cm³/mol. The third-order valence-corrected chi connectivity index (χ3v) is 2.21. The molecule has 11 heavy (non-hydrogen) atoms. The van der Waals surface area contributed by atoms with Crippen molar-refractivity contribution in [3.05, 3.63) is 10.8 Å². The van der Waals surface area contributed by atoms with Gasteiger partial charge in [0.05, 0.1) is 6.61 Å². The first-order valence-corrected chi connectivity index (χ1v) is 3.91. The molecule has 0 aliphatic carbocycles. The number of hydrogen-bond donors (Lipinski definition) is 1. The molecule has 0 aliphatic rings. The number of aliphatic hydroxyl groups excluding tert-OH is 1. The lowest BCUT2D eigenvalue weighted by Crippen LogP contribution is -1.90. The van der Waals surface area contributed by atoms with Crippen LogP contribution in [0.1, 0.15) is 10.8 Å². The van der Waals surface area contributed by atoms with Crippen LogP contribution in [-0.2, 0) is 6.61 Å². The molecule has 2 heterocycles. The van der Waals surface area contributed by atoms with Crippen LogP contribution in [0.2, 0.25) is 0 Å². The molecular formula is C5H6N4OS. The molecule has 0 unspecified atom stereocenters. The number of aryl methyl sites for hydroxylation is 1. The number of aromatic nitrogens is 4. The van der Waals surface area contributed by atoms with Gasteiger partial charge in [-0.15, -0.1) is 10.2 Å². The Balaban J connectivity index is 2.70. The highest BCUT2D eigenvalue weighted by Gasteiger charge is 2.06. The monoisotopic (exact) mass is 170 g/mol. The normalized spacial score (nSPS) is 11.1. The fraction of sp³-hybridized carbons (Fsp3) is 0.400. The van der Waals surface area contributed by atoms with Crippen molar-refractivity contribution in [2.45, 2.75) is 13.5 Å². The molecule has 0 spiro atoms. The van der Waals surface area contributed by atoms with Crippen molar-refractivity contribution in [2.75, 3.05) is 0 Å². The minimum Gasteiger partial charge on any atom is -0.389 e. The van der Waals surface area contributed by atoms with Gasteiger partial charge < -0.3 is 5.11 Å². The maximum absolute atomic E-state index is 8.73. The fourth-order valence-corrected chi connectivity index (χ4v) is 1.56. The van der Waals surface area contributed by atoms with E-state index in [0.717, 1.165) is 10.8 Å². The van der Waals surface area contributed by atoms with Crippen molar-refractivity contribution in [3.63, 3.8) is 0 Å². The van der Waals surface area contributed by atoms with Gasteiger partial charge in [0, 0.05) is 0 Å². The van der Waals surface area contributed by atoms with Crippen LogP contribution in [0.3, 0.4) is 0 Å². The summed E-state index contributed by atoms with van der Waals surface area (Å²) in [6, 6.07) is 0. The van der Waals surface area contributed by atoms with E-state index in [-0.39, 0.29) is 6.61 Å². The summed E-state index contributed by atoms with van der Waals surface area (Å²) in [4.78, 5) is 0.728. The first kappa shape index (κ1) is 6.68. The van der Waals surface area contributed by atoms with Crippen LogP contribution < -0.4 is 0 Å². The first-order valence-electron chi connectivity index (χ1n) is 3.10. The number of aliphatic hydroxyl groups is 1. The van der Waals surface area contributed by atoms with E-state index < -0.39 is 0 Å². The van der Waals surface area contributed by atoms with Crippen LogP contribution in [-0.4, -0.2) is 24.9 Å². The molecule has 0 radical (unpaired) electrons. The van der Waals surface area contributed by atoms with E-state index in [9.17, 15) is 0 Å². The van der Waals surface area contributed by atoms with Crippen LogP contribution in [0.5, 0.6) is 0 Å². The van der Waals surface area contributed by atoms with E-state index in [1.165, 1.54) is 11.3 Å². The van der Waals surface area contributed by atoms with Gasteiger partial charge in [-0.3, -0.25) is 0 Å². The summed E-state index contributed by atoms with van der Waals surface area (Å²) >= 11 is 1.35. The zero-order valence-corrected chi connectivity index (χ0v) is 6.67. The molecule has 5 nitrogen and oxygen atoms in total. The zero-order valence-electron chi connectivity index (χ0n) is 5.85. The van der Waals surface area contributed by atoms with Gasteiger partial charge in [-0.05, 0) is 6.92 Å². The minimum atomic E-state index is -0.0343. The average Bonchev–Trinajstić information content (AvgIpc) is 2.53. The van der Waals surface area contributed by atoms with Gasteiger partial charge in [0.1, 0.15) is 5.01 Å². The average molecular weight is 170 g/mol. The smallest absolute Gasteiger partial charge is 0.234 e. The van der Waals surface area contributed by atoms with Gasteiger partial charge in [0.2, 0.25) is 4.96 Å². The Hall–Kier alpha value is -1.01. The summed E-state index contributed by atoms with van der Waals surface area (Å²) in [5.74, 6) is 0.746. The zero-order chi connectivity index (χ0) is 7.84. The Kier molecular flexibility index (Phi) is 1.36. The summed E-state index contributed by atoms with van der Waals surface area (Å²) in [5, 5.41) is 21.1. The predicted octanol–water partition coefficient (Wildman–Crippen LogP) is -0.0135. The molecule has 0 amide bonds. The van der Waals surface area contributed by atoms with Crippen LogP contribution in [0.15, 0.2) is 0 Å². The van der Waals surface area contributed by atoms with E-state index >= 15 is 0 Å². The van der Waals surface area contributed by atoms with Crippen molar-refractivity contribution in [1.29, 1.82) is 0 Å². The van der Waals surface area contributed by atoms with Crippen LogP contribution in [0.4, 0.5) is 0 Å². The lowest BCUT2D eigenvalue weighted by atomic mass is 10.7. The van der Waals surface area contributed by atoms with Crippen LogP contribution >= 0.6 is 11.3 Å². The van der Waals surface area contributed by atoms with Gasteiger partial charge in [-0.2, -0.15) is 9.61 Å². The minimum absolute atomic E-state index is 0.0343. The molecule has 2 rings (SSSR count). The number of hydrogen-bond acceptors (Lipinski definition) is 5. The Morgan fingerprint density at radius 3 is 3.00 bits per heavy atom. The Morgan fingerprint density at radius 2 is 2.36 bits per heavy atom. The van der Waals surface area contributed by atoms with Crippen molar-refractivity contribution < 1.29 is 5.11 Å². The number of nitrogens with zero attached hydrogens (tertiary/aromatic N) is 4. The van der Waals surface area contributed by atoms with Gasteiger partial charge in [0.25, 0.3) is 0 Å². The molecular weight excluding hydrogens is 164 g/mol. The molecule has 0 saturated heterocycles. The second kappa shape index (κ2) is 2.24. The van der Waals surface area contributed by atoms with E-state index in [0.29, 0.717) is 5.01 Å². The molecule has 0 bridgehead atoms. The van der Waals surface area contributed by atoms with Crippen molar-refractivity contribution >= 4 is 16.3 Å². The molecule has 6 heteroatoms. The molecule has 0 fully saturated rings. The SMILES string of the molecule is Cc1nnc2sc(CO)nn12. The standard InChI is InChI=1S/C5H6N4OS/c1-3-6-7-5-9(3)8-4(2-10)11-5/h10H,2H2,1H3. The summed E-state index contributed by atoms with van der Waals surface area (Å²) < 4.78 is 1.62. The second-order valence-electron chi connectivity index (χ2n) is 2.10. The number of rotatable bonds is 1. The molecule has 0 atom stereocenters. The summed E-state index contributed by atoms with van der Waals surface area (Å²) in [5.41, 5.74) is 0. The maximum Gasteiger partial charge on any atom is 0.234 e. The van der Waals surface area contributed by atoms with Gasteiger partial charge in [-0.1, -0.05) is 11.3 Å². The van der Waals surface area contributed by atoms with E-state index in [2.05, 4.69) is 15.3 Å². The van der Waals surface area contributed by atoms with Crippen molar-refractivity contribution in [2.24, 2.45) is 0 Å². The third-order valence-electron chi connectivity index (χ3n) is 1.32. The lowest BCUT2D eigenvalue weighted by molar-refractivity contribution is 0.279. The first-order chi connectivity index (χ1) is 5.31. The quantitative estimate of drug-likeness (QED) is 0.653. The van der Waals surface area contributed by atoms with Crippen LogP contribution in [0, 0.1) is 6.92 Å². The number of fused-ring (bicyclic) bond motifs is 1. The topological polar surface area (TPSA) is 63.3 Å². The van der Waals surface area contributed by atoms with Gasteiger partial charge in [0.15, 0.2) is 5.82 Å². The second-order valence-corrected chi connectivity index (χ2v) is 3.14. The highest BCUT2D eigenvalue weighted by Crippen LogP contribution is 2.12. The molecule has 0 aromatic carbocycles. The Bertz CT molecular complexity index is 379. The molecule has 2 aromatic rings. The molecule has 58 valence electrons. The lowest BCUT2D eigenvalue weighted by Gasteiger charge is -1.82. The fourth-order valence-electron chi connectivity index (χ4n) is 0.818. The molecule has 1 N–H and O–H groups in total. The van der Waals surface area contributed by atoms with Crippen molar-refractivity contribution in [3.8, 4) is 0 Å². The third kappa shape index (κ3) is 0.908. The molecule has 0 saturated carbocycles. The molecule has 0 aliphatic heterocycles. The Morgan fingerprint density at radius 1 is 1.55 bits per heavy atom. The van der Waals surface area contributed by atoms with Crippen molar-refractivity contribution in [1.82, 2.24) is 19.8 Å². The largest absolute Gasteiger partial charge is 0.389 e. The summed E-state index contributed by atoms with van der Waals surface area (Å²) in [6.07, 6.45) is 0. The highest BCUT2D eigenvalue weighted by atomic mass is 32.1. The van der Waals surface area contributed by atoms with E-state index in [1.54, 1.807) is 4.52 Å². The Labute approximate surface area is 66.3 Å². The van der Waals surface area contributed by atoms with E-state index in [1.807, 2.05) is 6.92 Å². The maximum atomic E-state index is 8.73. The van der Waals surface area contributed by atoms with Gasteiger partial charge in [-0.25, -0.2) is 0 Å². The van der Waals surface area contributed by atoms with E-state index in [4.69, 9.17) is 5.11 Å². The summed E-state index contributed by atoms with van der Waals surface area (Å²) in [7, 11) is 0. The van der Waals surface area contributed by atoms with Crippen LogP contribution in [0.25, 0.3) is 4.96 Å². The molecule has 2 aromatic heterocycles. The van der Waals surface area contributed by atoms with Gasteiger partial charge >= 0.3 is 0 Å².